The molecule has 5 nitrogen and oxygen atoms in total. The number of carbonyl (C=O) groups excluding carboxylic acids is 1. The molecular formula is C18H12ClF3N2O3. The number of alkyl halides is 3. The van der Waals surface area contributed by atoms with Crippen LogP contribution in [0.3, 0.4) is 0 Å². The van der Waals surface area contributed by atoms with Gasteiger partial charge in [0.05, 0.1) is 28.8 Å². The SMILES string of the molecule is CCOC(=O)c1cnc2ccc(=O)[nH]c2c1-c1ccc(C(F)(F)F)cc1Cl. The summed E-state index contributed by atoms with van der Waals surface area (Å²) in [5.74, 6) is -0.734. The zero-order valence-corrected chi connectivity index (χ0v) is 14.6. The van der Waals surface area contributed by atoms with E-state index in [1.807, 2.05) is 0 Å². The van der Waals surface area contributed by atoms with Crippen molar-refractivity contribution >= 4 is 28.6 Å². The number of esters is 1. The Bertz CT molecular complexity index is 1090. The van der Waals surface area contributed by atoms with Crippen molar-refractivity contribution in [3.8, 4) is 11.1 Å². The molecule has 3 rings (SSSR count). The van der Waals surface area contributed by atoms with Crippen molar-refractivity contribution in [3.63, 3.8) is 0 Å². The molecule has 0 radical (unpaired) electrons. The fraction of sp³-hybridized carbons (Fsp3) is 0.167. The maximum absolute atomic E-state index is 12.9. The molecule has 0 spiro atoms. The molecule has 0 aliphatic carbocycles. The van der Waals surface area contributed by atoms with Gasteiger partial charge in [0.25, 0.3) is 0 Å². The van der Waals surface area contributed by atoms with Crippen LogP contribution in [0.4, 0.5) is 13.2 Å². The molecule has 0 unspecified atom stereocenters. The minimum absolute atomic E-state index is 0.0205. The molecule has 0 bridgehead atoms. The zero-order chi connectivity index (χ0) is 19.8. The smallest absolute Gasteiger partial charge is 0.416 e. The van der Waals surface area contributed by atoms with Gasteiger partial charge in [0, 0.05) is 28.4 Å². The Morgan fingerprint density at radius 2 is 2.00 bits per heavy atom. The molecule has 140 valence electrons. The summed E-state index contributed by atoms with van der Waals surface area (Å²) in [6.07, 6.45) is -3.33. The number of pyridine rings is 2. The van der Waals surface area contributed by atoms with E-state index in [-0.39, 0.29) is 33.8 Å². The summed E-state index contributed by atoms with van der Waals surface area (Å²) >= 11 is 6.10. The number of fused-ring (bicyclic) bond motifs is 1. The monoisotopic (exact) mass is 396 g/mol. The first-order chi connectivity index (χ1) is 12.7. The average molecular weight is 397 g/mol. The van der Waals surface area contributed by atoms with E-state index in [1.54, 1.807) is 6.92 Å². The average Bonchev–Trinajstić information content (AvgIpc) is 2.60. The molecule has 0 aliphatic heterocycles. The second-order valence-corrected chi connectivity index (χ2v) is 5.95. The molecule has 2 heterocycles. The molecule has 9 heteroatoms. The first-order valence-corrected chi connectivity index (χ1v) is 8.16. The lowest BCUT2D eigenvalue weighted by Crippen LogP contribution is -2.11. The largest absolute Gasteiger partial charge is 0.462 e. The first-order valence-electron chi connectivity index (χ1n) is 7.78. The van der Waals surface area contributed by atoms with Gasteiger partial charge < -0.3 is 9.72 Å². The zero-order valence-electron chi connectivity index (χ0n) is 13.9. The van der Waals surface area contributed by atoms with Crippen LogP contribution in [0.25, 0.3) is 22.2 Å². The van der Waals surface area contributed by atoms with Crippen molar-refractivity contribution in [3.05, 3.63) is 63.0 Å². The lowest BCUT2D eigenvalue weighted by Gasteiger charge is -2.14. The number of carbonyl (C=O) groups is 1. The normalized spacial score (nSPS) is 11.6. The summed E-state index contributed by atoms with van der Waals surface area (Å²) < 4.78 is 43.8. The number of nitrogens with one attached hydrogen (secondary N) is 1. The number of nitrogens with zero attached hydrogens (tertiary/aromatic N) is 1. The van der Waals surface area contributed by atoms with Crippen LogP contribution in [0.15, 0.2) is 41.3 Å². The number of aromatic nitrogens is 2. The highest BCUT2D eigenvalue weighted by Crippen LogP contribution is 2.38. The molecule has 0 fully saturated rings. The van der Waals surface area contributed by atoms with Gasteiger partial charge in [0.15, 0.2) is 0 Å². The third-order valence-corrected chi connectivity index (χ3v) is 4.12. The van der Waals surface area contributed by atoms with Crippen LogP contribution in [0, 0.1) is 0 Å². The summed E-state index contributed by atoms with van der Waals surface area (Å²) in [5, 5.41) is -0.229. The Kier molecular flexibility index (Phi) is 4.93. The van der Waals surface area contributed by atoms with Gasteiger partial charge in [-0.2, -0.15) is 13.2 Å². The molecule has 0 atom stereocenters. The van der Waals surface area contributed by atoms with Crippen molar-refractivity contribution in [2.45, 2.75) is 13.1 Å². The molecule has 3 aromatic rings. The van der Waals surface area contributed by atoms with Crippen LogP contribution in [0.2, 0.25) is 5.02 Å². The van der Waals surface area contributed by atoms with Crippen LogP contribution < -0.4 is 5.56 Å². The van der Waals surface area contributed by atoms with E-state index in [2.05, 4.69) is 9.97 Å². The second-order valence-electron chi connectivity index (χ2n) is 5.54. The van der Waals surface area contributed by atoms with Gasteiger partial charge in [-0.25, -0.2) is 4.79 Å². The fourth-order valence-corrected chi connectivity index (χ4v) is 2.91. The number of aromatic amines is 1. The van der Waals surface area contributed by atoms with E-state index < -0.39 is 23.3 Å². The van der Waals surface area contributed by atoms with E-state index in [0.717, 1.165) is 18.2 Å². The van der Waals surface area contributed by atoms with Gasteiger partial charge in [0.1, 0.15) is 0 Å². The summed E-state index contributed by atoms with van der Waals surface area (Å²) in [6, 6.07) is 5.44. The Morgan fingerprint density at radius 1 is 1.26 bits per heavy atom. The molecule has 27 heavy (non-hydrogen) atoms. The van der Waals surface area contributed by atoms with Gasteiger partial charge in [-0.05, 0) is 25.1 Å². The predicted molar refractivity (Wildman–Crippen MR) is 93.8 cm³/mol. The summed E-state index contributed by atoms with van der Waals surface area (Å²) in [4.78, 5) is 30.8. The van der Waals surface area contributed by atoms with Gasteiger partial charge in [-0.1, -0.05) is 17.7 Å². The number of rotatable bonds is 3. The summed E-state index contributed by atoms with van der Waals surface area (Å²) in [5.41, 5.74) is -0.608. The lowest BCUT2D eigenvalue weighted by molar-refractivity contribution is -0.137. The molecule has 0 aliphatic rings. The number of halogens is 4. The minimum atomic E-state index is -4.57. The number of H-pyrrole nitrogens is 1. The molecule has 0 saturated heterocycles. The van der Waals surface area contributed by atoms with Crippen LogP contribution in [0.5, 0.6) is 0 Å². The highest BCUT2D eigenvalue weighted by molar-refractivity contribution is 6.34. The van der Waals surface area contributed by atoms with Gasteiger partial charge in [-0.3, -0.25) is 9.78 Å². The maximum Gasteiger partial charge on any atom is 0.416 e. The van der Waals surface area contributed by atoms with Gasteiger partial charge >= 0.3 is 12.1 Å². The Balaban J connectivity index is 2.34. The molecule has 0 amide bonds. The first kappa shape index (κ1) is 18.9. The van der Waals surface area contributed by atoms with Gasteiger partial charge in [0.2, 0.25) is 5.56 Å². The quantitative estimate of drug-likeness (QED) is 0.664. The van der Waals surface area contributed by atoms with Gasteiger partial charge in [-0.15, -0.1) is 0 Å². The molecular weight excluding hydrogens is 385 g/mol. The minimum Gasteiger partial charge on any atom is -0.462 e. The molecule has 1 N–H and O–H groups in total. The Morgan fingerprint density at radius 3 is 2.63 bits per heavy atom. The van der Waals surface area contributed by atoms with Crippen LogP contribution in [-0.4, -0.2) is 22.5 Å². The molecule has 1 aromatic carbocycles. The summed E-state index contributed by atoms with van der Waals surface area (Å²) in [7, 11) is 0. The number of ether oxygens (including phenoxy) is 1. The van der Waals surface area contributed by atoms with E-state index in [0.29, 0.717) is 5.52 Å². The van der Waals surface area contributed by atoms with Crippen LogP contribution in [0.1, 0.15) is 22.8 Å². The van der Waals surface area contributed by atoms with Crippen LogP contribution >= 0.6 is 11.6 Å². The number of benzene rings is 1. The standard InChI is InChI=1S/C18H12ClF3N2O3/c1-2-27-17(26)11-8-23-13-5-6-14(25)24-16(13)15(11)10-4-3-9(7-12(10)19)18(20,21)22/h3-8H,2H2,1H3,(H,24,25). The summed E-state index contributed by atoms with van der Waals surface area (Å²) in [6.45, 7) is 1.70. The molecule has 0 saturated carbocycles. The fourth-order valence-electron chi connectivity index (χ4n) is 2.64. The van der Waals surface area contributed by atoms with Crippen molar-refractivity contribution in [1.29, 1.82) is 0 Å². The highest BCUT2D eigenvalue weighted by Gasteiger charge is 2.31. The van der Waals surface area contributed by atoms with Crippen molar-refractivity contribution in [1.82, 2.24) is 9.97 Å². The maximum atomic E-state index is 12.9. The van der Waals surface area contributed by atoms with E-state index in [9.17, 15) is 22.8 Å². The third kappa shape index (κ3) is 3.66. The van der Waals surface area contributed by atoms with Crippen LogP contribution in [-0.2, 0) is 10.9 Å². The topological polar surface area (TPSA) is 72.0 Å². The number of hydrogen-bond acceptors (Lipinski definition) is 4. The third-order valence-electron chi connectivity index (χ3n) is 3.81. The lowest BCUT2D eigenvalue weighted by atomic mass is 9.98. The Labute approximate surface area is 155 Å². The molecule has 2 aromatic heterocycles. The van der Waals surface area contributed by atoms with E-state index in [4.69, 9.17) is 16.3 Å². The second kappa shape index (κ2) is 7.03. The highest BCUT2D eigenvalue weighted by atomic mass is 35.5. The van der Waals surface area contributed by atoms with E-state index >= 15 is 0 Å². The van der Waals surface area contributed by atoms with Crippen molar-refractivity contribution in [2.75, 3.05) is 6.61 Å². The number of hydrogen-bond donors (Lipinski definition) is 1. The van der Waals surface area contributed by atoms with Crippen molar-refractivity contribution in [2.24, 2.45) is 0 Å². The van der Waals surface area contributed by atoms with Crippen molar-refractivity contribution < 1.29 is 22.7 Å². The Hall–Kier alpha value is -2.87. The van der Waals surface area contributed by atoms with E-state index in [1.165, 1.54) is 18.3 Å². The predicted octanol–water partition coefficient (Wildman–Crippen LogP) is 4.44.